The van der Waals surface area contributed by atoms with E-state index in [1.165, 1.54) is 68.7 Å². The van der Waals surface area contributed by atoms with Gasteiger partial charge in [-0.15, -0.1) is 0 Å². The quantitative estimate of drug-likeness (QED) is 0.218. The Balaban J connectivity index is 0.000000183. The maximum absolute atomic E-state index is 14.1. The largest absolute Gasteiger partial charge is 1.00 e. The van der Waals surface area contributed by atoms with Gasteiger partial charge < -0.3 is 41.0 Å². The summed E-state index contributed by atoms with van der Waals surface area (Å²) in [5, 5.41) is 21.0. The van der Waals surface area contributed by atoms with Crippen molar-refractivity contribution in [3.8, 4) is 34.3 Å². The zero-order valence-corrected chi connectivity index (χ0v) is 33.4. The maximum atomic E-state index is 14.1. The van der Waals surface area contributed by atoms with Gasteiger partial charge in [0.2, 0.25) is 12.5 Å². The molecule has 12 nitrogen and oxygen atoms in total. The number of ether oxygens (including phenoxy) is 4. The summed E-state index contributed by atoms with van der Waals surface area (Å²) in [6, 6.07) is 19.8. The van der Waals surface area contributed by atoms with E-state index in [0.29, 0.717) is 0 Å². The summed E-state index contributed by atoms with van der Waals surface area (Å²) >= 11 is 3.75. The first-order valence-corrected chi connectivity index (χ1v) is 18.1. The monoisotopic (exact) mass is 889 g/mol. The zero-order valence-electron chi connectivity index (χ0n) is 30.2. The van der Waals surface area contributed by atoms with Crippen molar-refractivity contribution in [1.82, 2.24) is 29.5 Å². The molecule has 0 amide bonds. The number of rotatable bonds is 9. The second-order valence-corrected chi connectivity index (χ2v) is 14.0. The van der Waals surface area contributed by atoms with Crippen LogP contribution in [0.2, 0.25) is 0 Å². The minimum absolute atomic E-state index is 0. The second kappa shape index (κ2) is 16.3. The summed E-state index contributed by atoms with van der Waals surface area (Å²) in [5.74, 6) is 1.57. The molecule has 0 saturated heterocycles. The fourth-order valence-corrected chi connectivity index (χ4v) is 7.70. The molecule has 5 heterocycles. The highest BCUT2D eigenvalue weighted by molar-refractivity contribution is 9.10. The van der Waals surface area contributed by atoms with Gasteiger partial charge in [0.05, 0.1) is 38.3 Å². The van der Waals surface area contributed by atoms with E-state index in [1.54, 1.807) is 14.2 Å². The number of methoxy groups -OCH3 is 2. The number of halogens is 4. The molecule has 9 rings (SSSR count). The SMILES string of the molecule is COc1ccc2c(Cc3ccccc3Br)c3[n+](cc2c1OC)CCc1cc2c(cc1-3)OCO2.OC(Cn1cncn1)(Cn1cncn1)c1ccc(F)cc1F.[Br-]. The highest BCUT2D eigenvalue weighted by atomic mass is 79.9. The predicted molar refractivity (Wildman–Crippen MR) is 200 cm³/mol. The van der Waals surface area contributed by atoms with Gasteiger partial charge in [-0.05, 0) is 47.5 Å². The average molecular weight is 892 g/mol. The van der Waals surface area contributed by atoms with Crippen LogP contribution >= 0.6 is 15.9 Å². The molecule has 16 heteroatoms. The van der Waals surface area contributed by atoms with Crippen molar-refractivity contribution in [2.24, 2.45) is 0 Å². The van der Waals surface area contributed by atoms with Gasteiger partial charge in [0, 0.05) is 39.9 Å². The van der Waals surface area contributed by atoms with Crippen LogP contribution < -0.4 is 40.5 Å². The Hall–Kier alpha value is -5.45. The Kier molecular flexibility index (Phi) is 11.3. The van der Waals surface area contributed by atoms with Crippen molar-refractivity contribution in [3.05, 3.63) is 137 Å². The lowest BCUT2D eigenvalue weighted by Crippen LogP contribution is -3.00. The van der Waals surface area contributed by atoms with Crippen molar-refractivity contribution in [3.63, 3.8) is 0 Å². The number of aromatic nitrogens is 7. The number of hydrogen-bond acceptors (Lipinski definition) is 9. The van der Waals surface area contributed by atoms with Gasteiger partial charge in [0.25, 0.3) is 0 Å². The highest BCUT2D eigenvalue weighted by Gasteiger charge is 2.35. The molecule has 288 valence electrons. The Labute approximate surface area is 339 Å². The van der Waals surface area contributed by atoms with Crippen LogP contribution in [0.15, 0.2) is 103 Å². The van der Waals surface area contributed by atoms with Gasteiger partial charge in [-0.3, -0.25) is 0 Å². The fourth-order valence-electron chi connectivity index (χ4n) is 7.27. The summed E-state index contributed by atoms with van der Waals surface area (Å²) < 4.78 is 56.2. The molecular weight excluding hydrogens is 856 g/mol. The van der Waals surface area contributed by atoms with Crippen molar-refractivity contribution in [1.29, 1.82) is 0 Å². The van der Waals surface area contributed by atoms with E-state index >= 15 is 0 Å². The minimum Gasteiger partial charge on any atom is -1.00 e. The topological polar surface area (TPSA) is 122 Å². The Morgan fingerprint density at radius 2 is 1.61 bits per heavy atom. The van der Waals surface area contributed by atoms with Crippen molar-refractivity contribution in [2.45, 2.75) is 38.1 Å². The number of aliphatic hydroxyl groups is 1. The number of fused-ring (bicyclic) bond motifs is 5. The summed E-state index contributed by atoms with van der Waals surface area (Å²) in [6.45, 7) is 1.00. The Bertz CT molecular complexity index is 2470. The number of aryl methyl sites for hydroxylation is 2. The molecule has 0 fully saturated rings. The molecule has 0 unspecified atom stereocenters. The summed E-state index contributed by atoms with van der Waals surface area (Å²) in [6.07, 6.45) is 9.30. The standard InChI is InChI=1S/C27H23BrNO4.C13H12F2N6O.BrH/c1-30-23-8-7-18-20(11-17-5-3-4-6-22(17)28)26-19-13-25-24(32-15-33-25)12-16(19)9-10-29(26)14-21(18)27(23)31-2;14-10-1-2-11(12(15)3-10)13(22,4-20-8-16-6-18-20)5-21-9-17-7-19-21;/h3-8,12-14H,9-11,15H2,1-2H3;1-3,6-9,22H,4-5H2;1H/q+1;;/p-1. The van der Waals surface area contributed by atoms with Crippen molar-refractivity contribution < 1.29 is 54.4 Å². The van der Waals surface area contributed by atoms with Crippen LogP contribution in [0.1, 0.15) is 22.3 Å². The third kappa shape index (κ3) is 7.55. The van der Waals surface area contributed by atoms with E-state index in [1.807, 2.05) is 12.1 Å². The molecule has 1 N–H and O–H groups in total. The Morgan fingerprint density at radius 3 is 2.25 bits per heavy atom. The molecule has 0 bridgehead atoms. The van der Waals surface area contributed by atoms with Crippen molar-refractivity contribution >= 4 is 26.7 Å². The van der Waals surface area contributed by atoms with Crippen LogP contribution in [-0.2, 0) is 38.1 Å². The zero-order chi connectivity index (χ0) is 38.1. The van der Waals surface area contributed by atoms with Crippen LogP contribution in [0.4, 0.5) is 8.78 Å². The molecule has 0 saturated carbocycles. The third-order valence-electron chi connectivity index (χ3n) is 9.78. The highest BCUT2D eigenvalue weighted by Crippen LogP contribution is 2.44. The van der Waals surface area contributed by atoms with E-state index < -0.39 is 17.2 Å². The number of hydrogen-bond donors (Lipinski definition) is 1. The molecule has 2 aliphatic heterocycles. The second-order valence-electron chi connectivity index (χ2n) is 13.1. The molecule has 56 heavy (non-hydrogen) atoms. The van der Waals surface area contributed by atoms with E-state index in [4.69, 9.17) is 18.9 Å². The lowest BCUT2D eigenvalue weighted by atomic mass is 9.88. The lowest BCUT2D eigenvalue weighted by Gasteiger charge is -2.28. The van der Waals surface area contributed by atoms with Gasteiger partial charge in [-0.1, -0.05) is 40.2 Å². The van der Waals surface area contributed by atoms with Gasteiger partial charge >= 0.3 is 0 Å². The summed E-state index contributed by atoms with van der Waals surface area (Å²) in [5.41, 5.74) is 4.43. The van der Waals surface area contributed by atoms with Gasteiger partial charge in [-0.25, -0.2) is 28.1 Å². The van der Waals surface area contributed by atoms with E-state index in [-0.39, 0.29) is 42.4 Å². The molecule has 2 aliphatic rings. The number of nitrogens with zero attached hydrogens (tertiary/aromatic N) is 7. The Morgan fingerprint density at radius 1 is 0.893 bits per heavy atom. The van der Waals surface area contributed by atoms with Gasteiger partial charge in [0.15, 0.2) is 35.7 Å². The van der Waals surface area contributed by atoms with Crippen LogP contribution in [-0.4, -0.2) is 55.6 Å². The van der Waals surface area contributed by atoms with Gasteiger partial charge in [0.1, 0.15) is 42.5 Å². The average Bonchev–Trinajstić information content (AvgIpc) is 3.99. The molecular formula is C40H35Br2F2N7O5. The summed E-state index contributed by atoms with van der Waals surface area (Å²) in [4.78, 5) is 7.57. The molecule has 3 aromatic heterocycles. The van der Waals surface area contributed by atoms with Crippen LogP contribution in [0.25, 0.3) is 22.0 Å². The molecule has 7 aromatic rings. The molecule has 0 radical (unpaired) electrons. The normalized spacial score (nSPS) is 12.6. The van der Waals surface area contributed by atoms with Crippen LogP contribution in [0.5, 0.6) is 23.0 Å². The van der Waals surface area contributed by atoms with E-state index in [0.717, 1.165) is 69.8 Å². The first kappa shape index (κ1) is 38.8. The fraction of sp³-hybridized carbons (Fsp3) is 0.225. The molecule has 0 aliphatic carbocycles. The van der Waals surface area contributed by atoms with E-state index in [9.17, 15) is 13.9 Å². The molecule has 0 atom stereocenters. The van der Waals surface area contributed by atoms with Gasteiger partial charge in [-0.2, -0.15) is 14.8 Å². The lowest BCUT2D eigenvalue weighted by molar-refractivity contribution is -0.686. The number of benzene rings is 4. The summed E-state index contributed by atoms with van der Waals surface area (Å²) in [7, 11) is 3.38. The molecule has 0 spiro atoms. The predicted octanol–water partition coefficient (Wildman–Crippen LogP) is 3.19. The first-order valence-electron chi connectivity index (χ1n) is 17.3. The smallest absolute Gasteiger partial charge is 0.231 e. The maximum Gasteiger partial charge on any atom is 0.231 e. The van der Waals surface area contributed by atoms with Crippen LogP contribution in [0, 0.1) is 11.6 Å². The third-order valence-corrected chi connectivity index (χ3v) is 10.6. The minimum atomic E-state index is -1.70. The molecule has 4 aromatic carbocycles. The number of pyridine rings is 1. The van der Waals surface area contributed by atoms with Crippen LogP contribution in [0.3, 0.4) is 0 Å². The first-order chi connectivity index (χ1) is 26.7. The van der Waals surface area contributed by atoms with E-state index in [2.05, 4.69) is 83.3 Å². The van der Waals surface area contributed by atoms with Crippen molar-refractivity contribution in [2.75, 3.05) is 21.0 Å².